The maximum absolute atomic E-state index is 12.2. The maximum atomic E-state index is 12.2. The molecular weight excluding hydrogens is 200 g/mol. The zero-order chi connectivity index (χ0) is 12.2. The van der Waals surface area contributed by atoms with Gasteiger partial charge in [-0.05, 0) is 31.7 Å². The van der Waals surface area contributed by atoms with Crippen LogP contribution in [0, 0.1) is 11.3 Å². The van der Waals surface area contributed by atoms with E-state index in [1.54, 1.807) is 0 Å². The minimum atomic E-state index is 0.101. The first-order valence-electron chi connectivity index (χ1n) is 6.46. The first-order valence-corrected chi connectivity index (χ1v) is 6.46. The van der Waals surface area contributed by atoms with Crippen molar-refractivity contribution in [3.8, 4) is 0 Å². The molecule has 3 nitrogen and oxygen atoms in total. The lowest BCUT2D eigenvalue weighted by Crippen LogP contribution is -2.47. The molecule has 1 aliphatic rings. The van der Waals surface area contributed by atoms with Crippen molar-refractivity contribution in [1.82, 2.24) is 10.2 Å². The molecule has 0 spiro atoms. The SMILES string of the molecule is CCC1(C)CCCN(C(=O)C(C)CNC)C1. The van der Waals surface area contributed by atoms with Gasteiger partial charge in [0.05, 0.1) is 0 Å². The van der Waals surface area contributed by atoms with E-state index in [1.807, 2.05) is 14.0 Å². The summed E-state index contributed by atoms with van der Waals surface area (Å²) in [4.78, 5) is 14.2. The lowest BCUT2D eigenvalue weighted by atomic mass is 9.79. The van der Waals surface area contributed by atoms with Gasteiger partial charge in [-0.25, -0.2) is 0 Å². The number of amides is 1. The summed E-state index contributed by atoms with van der Waals surface area (Å²) in [6.07, 6.45) is 3.58. The van der Waals surface area contributed by atoms with Crippen molar-refractivity contribution in [1.29, 1.82) is 0 Å². The zero-order valence-electron chi connectivity index (χ0n) is 11.2. The number of carbonyl (C=O) groups is 1. The molecule has 1 rings (SSSR count). The van der Waals surface area contributed by atoms with Gasteiger partial charge in [-0.1, -0.05) is 20.8 Å². The third kappa shape index (κ3) is 3.21. The average Bonchev–Trinajstić information content (AvgIpc) is 2.28. The molecule has 0 aliphatic carbocycles. The second-order valence-electron chi connectivity index (χ2n) is 5.49. The van der Waals surface area contributed by atoms with Gasteiger partial charge in [-0.2, -0.15) is 0 Å². The van der Waals surface area contributed by atoms with Crippen LogP contribution in [0.25, 0.3) is 0 Å². The molecule has 2 atom stereocenters. The van der Waals surface area contributed by atoms with Crippen LogP contribution in [0.15, 0.2) is 0 Å². The molecule has 3 heteroatoms. The summed E-state index contributed by atoms with van der Waals surface area (Å²) in [5.74, 6) is 0.415. The van der Waals surface area contributed by atoms with Crippen molar-refractivity contribution in [3.05, 3.63) is 0 Å². The van der Waals surface area contributed by atoms with Gasteiger partial charge in [0.2, 0.25) is 5.91 Å². The summed E-state index contributed by atoms with van der Waals surface area (Å²) in [6, 6.07) is 0. The van der Waals surface area contributed by atoms with Gasteiger partial charge in [0.25, 0.3) is 0 Å². The van der Waals surface area contributed by atoms with Crippen LogP contribution in [0.5, 0.6) is 0 Å². The molecule has 0 radical (unpaired) electrons. The number of nitrogens with zero attached hydrogens (tertiary/aromatic N) is 1. The highest BCUT2D eigenvalue weighted by Crippen LogP contribution is 2.32. The lowest BCUT2D eigenvalue weighted by molar-refractivity contribution is -0.138. The molecule has 2 unspecified atom stereocenters. The van der Waals surface area contributed by atoms with Gasteiger partial charge in [-0.15, -0.1) is 0 Å². The standard InChI is InChI=1S/C13H26N2O/c1-5-13(3)7-6-8-15(10-13)12(16)11(2)9-14-4/h11,14H,5-10H2,1-4H3. The van der Waals surface area contributed by atoms with Crippen molar-refractivity contribution < 1.29 is 4.79 Å². The van der Waals surface area contributed by atoms with E-state index >= 15 is 0 Å². The van der Waals surface area contributed by atoms with Crippen LogP contribution in [0.4, 0.5) is 0 Å². The largest absolute Gasteiger partial charge is 0.342 e. The Morgan fingerprint density at radius 1 is 1.56 bits per heavy atom. The molecule has 0 saturated carbocycles. The number of rotatable bonds is 4. The van der Waals surface area contributed by atoms with E-state index in [0.717, 1.165) is 32.5 Å². The molecule has 1 aliphatic heterocycles. The van der Waals surface area contributed by atoms with Crippen LogP contribution in [0.2, 0.25) is 0 Å². The maximum Gasteiger partial charge on any atom is 0.226 e. The van der Waals surface area contributed by atoms with Gasteiger partial charge in [0.15, 0.2) is 0 Å². The smallest absolute Gasteiger partial charge is 0.226 e. The van der Waals surface area contributed by atoms with E-state index in [1.165, 1.54) is 6.42 Å². The zero-order valence-corrected chi connectivity index (χ0v) is 11.2. The number of likely N-dealkylation sites (tertiary alicyclic amines) is 1. The molecule has 1 saturated heterocycles. The number of nitrogens with one attached hydrogen (secondary N) is 1. The van der Waals surface area contributed by atoms with Crippen molar-refractivity contribution in [3.63, 3.8) is 0 Å². The molecule has 1 amide bonds. The Kier molecular flexibility index (Phi) is 4.78. The van der Waals surface area contributed by atoms with Crippen LogP contribution in [-0.4, -0.2) is 37.5 Å². The third-order valence-corrected chi connectivity index (χ3v) is 3.88. The van der Waals surface area contributed by atoms with E-state index in [2.05, 4.69) is 24.1 Å². The van der Waals surface area contributed by atoms with Crippen LogP contribution in [0.3, 0.4) is 0 Å². The highest BCUT2D eigenvalue weighted by molar-refractivity contribution is 5.78. The van der Waals surface area contributed by atoms with Crippen molar-refractivity contribution >= 4 is 5.91 Å². The lowest BCUT2D eigenvalue weighted by Gasteiger charge is -2.41. The Bertz CT molecular complexity index is 242. The summed E-state index contributed by atoms with van der Waals surface area (Å²) < 4.78 is 0. The summed E-state index contributed by atoms with van der Waals surface area (Å²) >= 11 is 0. The molecule has 0 aromatic rings. The van der Waals surface area contributed by atoms with E-state index < -0.39 is 0 Å². The van der Waals surface area contributed by atoms with Crippen LogP contribution in [-0.2, 0) is 4.79 Å². The monoisotopic (exact) mass is 226 g/mol. The second kappa shape index (κ2) is 5.67. The van der Waals surface area contributed by atoms with Gasteiger partial charge >= 0.3 is 0 Å². The fraction of sp³-hybridized carbons (Fsp3) is 0.923. The molecule has 1 fully saturated rings. The van der Waals surface area contributed by atoms with Crippen LogP contribution < -0.4 is 5.32 Å². The van der Waals surface area contributed by atoms with E-state index in [9.17, 15) is 4.79 Å². The summed E-state index contributed by atoms with van der Waals surface area (Å²) in [5, 5.41) is 3.07. The molecule has 1 N–H and O–H groups in total. The summed E-state index contributed by atoms with van der Waals surface area (Å²) in [6.45, 7) is 9.20. The molecular formula is C13H26N2O. The van der Waals surface area contributed by atoms with E-state index in [4.69, 9.17) is 0 Å². The molecule has 0 bridgehead atoms. The first-order chi connectivity index (χ1) is 7.52. The molecule has 16 heavy (non-hydrogen) atoms. The third-order valence-electron chi connectivity index (χ3n) is 3.88. The van der Waals surface area contributed by atoms with Crippen molar-refractivity contribution in [2.45, 2.75) is 40.0 Å². The summed E-state index contributed by atoms with van der Waals surface area (Å²) in [7, 11) is 1.90. The van der Waals surface area contributed by atoms with Crippen LogP contribution in [0.1, 0.15) is 40.0 Å². The van der Waals surface area contributed by atoms with E-state index in [-0.39, 0.29) is 5.92 Å². The van der Waals surface area contributed by atoms with E-state index in [0.29, 0.717) is 11.3 Å². The van der Waals surface area contributed by atoms with Gasteiger partial charge in [0.1, 0.15) is 0 Å². The minimum Gasteiger partial charge on any atom is -0.342 e. The number of hydrogen-bond acceptors (Lipinski definition) is 2. The number of hydrogen-bond donors (Lipinski definition) is 1. The highest BCUT2D eigenvalue weighted by atomic mass is 16.2. The normalized spacial score (nSPS) is 27.9. The minimum absolute atomic E-state index is 0.101. The Labute approximate surface area is 99.6 Å². The number of piperidine rings is 1. The van der Waals surface area contributed by atoms with Gasteiger partial charge in [-0.3, -0.25) is 4.79 Å². The predicted molar refractivity (Wildman–Crippen MR) is 67.3 cm³/mol. The Balaban J connectivity index is 2.56. The van der Waals surface area contributed by atoms with Crippen molar-refractivity contribution in [2.75, 3.05) is 26.7 Å². The molecule has 94 valence electrons. The Morgan fingerprint density at radius 3 is 2.81 bits per heavy atom. The fourth-order valence-corrected chi connectivity index (χ4v) is 2.50. The molecule has 0 aromatic heterocycles. The van der Waals surface area contributed by atoms with Crippen LogP contribution >= 0.6 is 0 Å². The molecule has 1 heterocycles. The quantitative estimate of drug-likeness (QED) is 0.794. The first kappa shape index (κ1) is 13.5. The Hall–Kier alpha value is -0.570. The van der Waals surface area contributed by atoms with Gasteiger partial charge in [0, 0.05) is 25.6 Å². The van der Waals surface area contributed by atoms with Crippen molar-refractivity contribution in [2.24, 2.45) is 11.3 Å². The Morgan fingerprint density at radius 2 is 2.25 bits per heavy atom. The number of carbonyl (C=O) groups excluding carboxylic acids is 1. The fourth-order valence-electron chi connectivity index (χ4n) is 2.50. The highest BCUT2D eigenvalue weighted by Gasteiger charge is 2.32. The summed E-state index contributed by atoms with van der Waals surface area (Å²) in [5.41, 5.74) is 0.341. The topological polar surface area (TPSA) is 32.3 Å². The predicted octanol–water partition coefficient (Wildman–Crippen LogP) is 1.88. The van der Waals surface area contributed by atoms with Gasteiger partial charge < -0.3 is 10.2 Å². The average molecular weight is 226 g/mol. The molecule has 0 aromatic carbocycles. The second-order valence-corrected chi connectivity index (χ2v) is 5.49.